The predicted octanol–water partition coefficient (Wildman–Crippen LogP) is 4.20. The fourth-order valence-corrected chi connectivity index (χ4v) is 1.86. The SMILES string of the molecule is Oc1ccc(Nc2ncc(-c3ccc(C(F)(F)F)cc3)o2)nc1. The molecule has 2 N–H and O–H groups in total. The normalized spacial score (nSPS) is 11.4. The van der Waals surface area contributed by atoms with E-state index in [1.54, 1.807) is 0 Å². The Morgan fingerprint density at radius 2 is 1.70 bits per heavy atom. The van der Waals surface area contributed by atoms with Crippen molar-refractivity contribution in [3.8, 4) is 17.1 Å². The second-order valence-corrected chi connectivity index (χ2v) is 4.63. The molecule has 0 aliphatic rings. The molecule has 0 aliphatic heterocycles. The summed E-state index contributed by atoms with van der Waals surface area (Å²) in [6.45, 7) is 0. The van der Waals surface area contributed by atoms with Crippen LogP contribution >= 0.6 is 0 Å². The Hall–Kier alpha value is -3.03. The first-order valence-electron chi connectivity index (χ1n) is 6.47. The number of anilines is 2. The van der Waals surface area contributed by atoms with E-state index in [1.165, 1.54) is 36.7 Å². The van der Waals surface area contributed by atoms with Gasteiger partial charge in [0, 0.05) is 5.56 Å². The molecule has 3 aromatic rings. The monoisotopic (exact) mass is 321 g/mol. The van der Waals surface area contributed by atoms with Gasteiger partial charge in [-0.25, -0.2) is 9.97 Å². The van der Waals surface area contributed by atoms with E-state index >= 15 is 0 Å². The number of pyridine rings is 1. The summed E-state index contributed by atoms with van der Waals surface area (Å²) < 4.78 is 43.0. The van der Waals surface area contributed by atoms with Gasteiger partial charge in [0.05, 0.1) is 18.0 Å². The Morgan fingerprint density at radius 3 is 2.30 bits per heavy atom. The van der Waals surface area contributed by atoms with E-state index in [9.17, 15) is 13.2 Å². The van der Waals surface area contributed by atoms with E-state index in [4.69, 9.17) is 9.52 Å². The fraction of sp³-hybridized carbons (Fsp3) is 0.0667. The fourth-order valence-electron chi connectivity index (χ4n) is 1.86. The Labute approximate surface area is 128 Å². The third kappa shape index (κ3) is 3.42. The molecule has 3 rings (SSSR count). The topological polar surface area (TPSA) is 71.2 Å². The highest BCUT2D eigenvalue weighted by molar-refractivity contribution is 5.59. The summed E-state index contributed by atoms with van der Waals surface area (Å²) in [4.78, 5) is 7.89. The Balaban J connectivity index is 1.77. The van der Waals surface area contributed by atoms with Crippen molar-refractivity contribution in [1.82, 2.24) is 9.97 Å². The van der Waals surface area contributed by atoms with Crippen LogP contribution in [0.3, 0.4) is 0 Å². The van der Waals surface area contributed by atoms with Crippen LogP contribution in [0.2, 0.25) is 0 Å². The number of oxazole rings is 1. The highest BCUT2D eigenvalue weighted by Crippen LogP contribution is 2.31. The van der Waals surface area contributed by atoms with E-state index < -0.39 is 11.7 Å². The lowest BCUT2D eigenvalue weighted by Gasteiger charge is -2.06. The third-order valence-electron chi connectivity index (χ3n) is 2.99. The number of benzene rings is 1. The number of aromatic nitrogens is 2. The minimum atomic E-state index is -4.38. The van der Waals surface area contributed by atoms with Gasteiger partial charge in [-0.15, -0.1) is 0 Å². The van der Waals surface area contributed by atoms with Crippen molar-refractivity contribution in [2.75, 3.05) is 5.32 Å². The van der Waals surface area contributed by atoms with Gasteiger partial charge in [-0.1, -0.05) is 12.1 Å². The van der Waals surface area contributed by atoms with Gasteiger partial charge in [-0.05, 0) is 24.3 Å². The summed E-state index contributed by atoms with van der Waals surface area (Å²) in [5.74, 6) is 0.747. The highest BCUT2D eigenvalue weighted by atomic mass is 19.4. The molecule has 0 radical (unpaired) electrons. The number of alkyl halides is 3. The molecule has 0 saturated carbocycles. The average Bonchev–Trinajstić information content (AvgIpc) is 2.97. The minimum absolute atomic E-state index is 0.0217. The standard InChI is InChI=1S/C15H10F3N3O2/c16-15(17,18)10-3-1-9(2-4-10)12-8-20-14(23-12)21-13-6-5-11(22)7-19-13/h1-8,22H,(H,19,20,21). The first kappa shape index (κ1) is 14.9. The van der Waals surface area contributed by atoms with Gasteiger partial charge in [0.1, 0.15) is 11.6 Å². The van der Waals surface area contributed by atoms with E-state index in [0.29, 0.717) is 17.1 Å². The molecule has 8 heteroatoms. The Bertz CT molecular complexity index is 796. The molecule has 0 amide bonds. The van der Waals surface area contributed by atoms with Crippen molar-refractivity contribution in [3.05, 3.63) is 54.4 Å². The summed E-state index contributed by atoms with van der Waals surface area (Å²) in [6, 6.07) is 7.68. The summed E-state index contributed by atoms with van der Waals surface area (Å²) in [7, 11) is 0. The van der Waals surface area contributed by atoms with Crippen molar-refractivity contribution in [1.29, 1.82) is 0 Å². The van der Waals surface area contributed by atoms with Crippen molar-refractivity contribution >= 4 is 11.8 Å². The molecule has 0 spiro atoms. The molecule has 118 valence electrons. The molecule has 0 bridgehead atoms. The summed E-state index contributed by atoms with van der Waals surface area (Å²) in [5, 5.41) is 11.9. The van der Waals surface area contributed by atoms with Gasteiger partial charge in [0.15, 0.2) is 5.76 Å². The number of hydrogen-bond acceptors (Lipinski definition) is 5. The van der Waals surface area contributed by atoms with Gasteiger partial charge < -0.3 is 9.52 Å². The maximum absolute atomic E-state index is 12.5. The van der Waals surface area contributed by atoms with E-state index in [-0.39, 0.29) is 11.8 Å². The van der Waals surface area contributed by atoms with Crippen LogP contribution in [0.15, 0.2) is 53.2 Å². The maximum Gasteiger partial charge on any atom is 0.416 e. The zero-order chi connectivity index (χ0) is 16.4. The van der Waals surface area contributed by atoms with E-state index in [2.05, 4.69) is 15.3 Å². The molecule has 0 atom stereocenters. The zero-order valence-electron chi connectivity index (χ0n) is 11.5. The van der Waals surface area contributed by atoms with Crippen LogP contribution in [0.1, 0.15) is 5.56 Å². The van der Waals surface area contributed by atoms with Gasteiger partial charge >= 0.3 is 12.2 Å². The van der Waals surface area contributed by atoms with Crippen molar-refractivity contribution in [3.63, 3.8) is 0 Å². The number of hydrogen-bond donors (Lipinski definition) is 2. The second-order valence-electron chi connectivity index (χ2n) is 4.63. The second kappa shape index (κ2) is 5.64. The molecule has 0 unspecified atom stereocenters. The summed E-state index contributed by atoms with van der Waals surface area (Å²) in [6.07, 6.45) is -1.73. The van der Waals surface area contributed by atoms with Crippen LogP contribution in [0.5, 0.6) is 5.75 Å². The van der Waals surface area contributed by atoms with Crippen LogP contribution in [0.25, 0.3) is 11.3 Å². The quantitative estimate of drug-likeness (QED) is 0.756. The molecular weight excluding hydrogens is 311 g/mol. The van der Waals surface area contributed by atoms with Gasteiger partial charge in [0.25, 0.3) is 0 Å². The van der Waals surface area contributed by atoms with Gasteiger partial charge in [0.2, 0.25) is 0 Å². The number of rotatable bonds is 3. The molecule has 0 saturated heterocycles. The van der Waals surface area contributed by atoms with Gasteiger partial charge in [-0.2, -0.15) is 13.2 Å². The largest absolute Gasteiger partial charge is 0.506 e. The van der Waals surface area contributed by atoms with Crippen molar-refractivity contribution in [2.45, 2.75) is 6.18 Å². The molecule has 5 nitrogen and oxygen atoms in total. The number of halogens is 3. The smallest absolute Gasteiger partial charge is 0.416 e. The number of nitrogens with one attached hydrogen (secondary N) is 1. The molecule has 0 aliphatic carbocycles. The first-order chi connectivity index (χ1) is 10.9. The molecule has 2 aromatic heterocycles. The van der Waals surface area contributed by atoms with Crippen LogP contribution in [0.4, 0.5) is 25.0 Å². The van der Waals surface area contributed by atoms with Crippen LogP contribution in [-0.2, 0) is 6.18 Å². The molecule has 23 heavy (non-hydrogen) atoms. The number of aromatic hydroxyl groups is 1. The summed E-state index contributed by atoms with van der Waals surface area (Å²) in [5.41, 5.74) is -0.260. The van der Waals surface area contributed by atoms with E-state index in [0.717, 1.165) is 12.1 Å². The lowest BCUT2D eigenvalue weighted by Crippen LogP contribution is -2.03. The van der Waals surface area contributed by atoms with Crippen LogP contribution in [0, 0.1) is 0 Å². The highest BCUT2D eigenvalue weighted by Gasteiger charge is 2.30. The zero-order valence-corrected chi connectivity index (χ0v) is 11.5. The predicted molar refractivity (Wildman–Crippen MR) is 76.1 cm³/mol. The molecule has 1 aromatic carbocycles. The Morgan fingerprint density at radius 1 is 0.957 bits per heavy atom. The maximum atomic E-state index is 12.5. The number of nitrogens with zero attached hydrogens (tertiary/aromatic N) is 2. The lowest BCUT2D eigenvalue weighted by molar-refractivity contribution is -0.137. The van der Waals surface area contributed by atoms with Gasteiger partial charge in [-0.3, -0.25) is 5.32 Å². The van der Waals surface area contributed by atoms with Crippen LogP contribution in [-0.4, -0.2) is 15.1 Å². The first-order valence-corrected chi connectivity index (χ1v) is 6.47. The lowest BCUT2D eigenvalue weighted by atomic mass is 10.1. The Kier molecular flexibility index (Phi) is 3.65. The third-order valence-corrected chi connectivity index (χ3v) is 2.99. The molecule has 2 heterocycles. The van der Waals surface area contributed by atoms with E-state index in [1.807, 2.05) is 0 Å². The molecule has 0 fully saturated rings. The minimum Gasteiger partial charge on any atom is -0.506 e. The summed E-state index contributed by atoms with van der Waals surface area (Å²) >= 11 is 0. The van der Waals surface area contributed by atoms with Crippen molar-refractivity contribution < 1.29 is 22.7 Å². The molecular formula is C15H10F3N3O2. The average molecular weight is 321 g/mol. The van der Waals surface area contributed by atoms with Crippen LogP contribution < -0.4 is 5.32 Å². The van der Waals surface area contributed by atoms with Crippen molar-refractivity contribution in [2.24, 2.45) is 0 Å².